The number of imidazole rings is 1. The lowest BCUT2D eigenvalue weighted by Gasteiger charge is -2.34. The summed E-state index contributed by atoms with van der Waals surface area (Å²) in [7, 11) is 1.92. The summed E-state index contributed by atoms with van der Waals surface area (Å²) in [4.78, 5) is 16.4. The third kappa shape index (κ3) is 3.03. The summed E-state index contributed by atoms with van der Waals surface area (Å²) in [6, 6.07) is 4.25. The van der Waals surface area contributed by atoms with Crippen LogP contribution in [0.4, 0.5) is 5.82 Å². The van der Waals surface area contributed by atoms with Crippen molar-refractivity contribution in [3.8, 4) is 22.6 Å². The van der Waals surface area contributed by atoms with Crippen molar-refractivity contribution in [2.75, 3.05) is 24.7 Å². The molecule has 30 heavy (non-hydrogen) atoms. The molecule has 154 valence electrons. The molecule has 9 heteroatoms. The number of nitrogens with zero attached hydrogens (tertiary/aromatic N) is 6. The van der Waals surface area contributed by atoms with Crippen LogP contribution in [0.3, 0.4) is 0 Å². The third-order valence-corrected chi connectivity index (χ3v) is 5.99. The first-order chi connectivity index (χ1) is 14.5. The highest BCUT2D eigenvalue weighted by Gasteiger charge is 2.24. The number of hydrogen-bond acceptors (Lipinski definition) is 6. The van der Waals surface area contributed by atoms with Crippen molar-refractivity contribution in [2.45, 2.75) is 19.9 Å². The lowest BCUT2D eigenvalue weighted by molar-refractivity contribution is 0.0986. The molecule has 0 aliphatic carbocycles. The standard InChI is InChI=1S/C21H22ClN7O/c1-12-9-23-19(15-4-5-25-27-15)20-18(12)14(16-10-24-21(22)28(16)3)8-17(26-20)29-6-7-30-11-13(29)2/h4-5,8-10,13H,6-7,11H2,1-3H3,(H,25,27)/t13-/m1/s1. The van der Waals surface area contributed by atoms with Crippen LogP contribution in [0.1, 0.15) is 12.5 Å². The Kier molecular flexibility index (Phi) is 4.67. The van der Waals surface area contributed by atoms with Crippen molar-refractivity contribution in [2.24, 2.45) is 7.05 Å². The molecule has 1 saturated heterocycles. The Morgan fingerprint density at radius 1 is 1.27 bits per heavy atom. The maximum Gasteiger partial charge on any atom is 0.202 e. The molecule has 5 heterocycles. The van der Waals surface area contributed by atoms with Crippen LogP contribution in [0, 0.1) is 6.92 Å². The highest BCUT2D eigenvalue weighted by atomic mass is 35.5. The number of aromatic nitrogens is 6. The predicted octanol–water partition coefficient (Wildman–Crippen LogP) is 3.61. The van der Waals surface area contributed by atoms with E-state index in [9.17, 15) is 0 Å². The van der Waals surface area contributed by atoms with Gasteiger partial charge in [0, 0.05) is 36.9 Å². The molecule has 0 bridgehead atoms. The van der Waals surface area contributed by atoms with Crippen LogP contribution in [0.5, 0.6) is 0 Å². The highest BCUT2D eigenvalue weighted by Crippen LogP contribution is 2.37. The first-order valence-electron chi connectivity index (χ1n) is 9.86. The number of morpholine rings is 1. The summed E-state index contributed by atoms with van der Waals surface area (Å²) in [6.07, 6.45) is 5.40. The normalized spacial score (nSPS) is 17.1. The Morgan fingerprint density at radius 2 is 2.13 bits per heavy atom. The van der Waals surface area contributed by atoms with Crippen molar-refractivity contribution < 1.29 is 4.74 Å². The van der Waals surface area contributed by atoms with E-state index in [0.29, 0.717) is 18.5 Å². The van der Waals surface area contributed by atoms with Crippen LogP contribution >= 0.6 is 11.6 Å². The van der Waals surface area contributed by atoms with Gasteiger partial charge in [0.15, 0.2) is 0 Å². The van der Waals surface area contributed by atoms with Crippen LogP contribution < -0.4 is 4.90 Å². The fourth-order valence-electron chi connectivity index (χ4n) is 4.03. The Hall–Kier alpha value is -2.97. The largest absolute Gasteiger partial charge is 0.377 e. The smallest absolute Gasteiger partial charge is 0.202 e. The average molecular weight is 424 g/mol. The van der Waals surface area contributed by atoms with E-state index in [1.54, 1.807) is 12.4 Å². The van der Waals surface area contributed by atoms with Gasteiger partial charge < -0.3 is 14.2 Å². The van der Waals surface area contributed by atoms with Crippen molar-refractivity contribution in [1.82, 2.24) is 29.7 Å². The number of pyridine rings is 2. The summed E-state index contributed by atoms with van der Waals surface area (Å²) in [5.74, 6) is 0.888. The molecule has 1 fully saturated rings. The summed E-state index contributed by atoms with van der Waals surface area (Å²) in [6.45, 7) is 6.33. The molecule has 0 spiro atoms. The van der Waals surface area contributed by atoms with Gasteiger partial charge in [-0.25, -0.2) is 9.97 Å². The summed E-state index contributed by atoms with van der Waals surface area (Å²) < 4.78 is 7.52. The van der Waals surface area contributed by atoms with Crippen LogP contribution in [-0.2, 0) is 11.8 Å². The van der Waals surface area contributed by atoms with Gasteiger partial charge in [0.25, 0.3) is 0 Å². The van der Waals surface area contributed by atoms with Gasteiger partial charge in [-0.1, -0.05) is 0 Å². The monoisotopic (exact) mass is 423 g/mol. The first-order valence-corrected chi connectivity index (χ1v) is 10.2. The van der Waals surface area contributed by atoms with E-state index in [1.165, 1.54) is 0 Å². The number of hydrogen-bond donors (Lipinski definition) is 1. The molecule has 8 nitrogen and oxygen atoms in total. The van der Waals surface area contributed by atoms with Crippen LogP contribution in [0.2, 0.25) is 5.28 Å². The molecule has 0 radical (unpaired) electrons. The molecule has 1 aliphatic heterocycles. The zero-order valence-electron chi connectivity index (χ0n) is 17.1. The van der Waals surface area contributed by atoms with E-state index in [0.717, 1.165) is 51.5 Å². The quantitative estimate of drug-likeness (QED) is 0.542. The number of rotatable bonds is 3. The molecule has 0 amide bonds. The van der Waals surface area contributed by atoms with Gasteiger partial charge in [0.05, 0.1) is 36.8 Å². The molecule has 5 rings (SSSR count). The minimum atomic E-state index is 0.222. The maximum atomic E-state index is 6.28. The number of aromatic amines is 1. The van der Waals surface area contributed by atoms with Crippen molar-refractivity contribution in [3.63, 3.8) is 0 Å². The second-order valence-corrected chi connectivity index (χ2v) is 7.94. The van der Waals surface area contributed by atoms with E-state index < -0.39 is 0 Å². The lowest BCUT2D eigenvalue weighted by atomic mass is 10.0. The number of nitrogens with one attached hydrogen (secondary N) is 1. The molecular weight excluding hydrogens is 402 g/mol. The molecule has 1 aliphatic rings. The molecular formula is C21H22ClN7O. The van der Waals surface area contributed by atoms with Gasteiger partial charge in [0.2, 0.25) is 5.28 Å². The van der Waals surface area contributed by atoms with Crippen LogP contribution in [0.25, 0.3) is 33.5 Å². The van der Waals surface area contributed by atoms with Gasteiger partial charge in [-0.3, -0.25) is 10.1 Å². The molecule has 0 aromatic carbocycles. The van der Waals surface area contributed by atoms with E-state index in [4.69, 9.17) is 26.3 Å². The number of anilines is 1. The molecule has 1 N–H and O–H groups in total. The van der Waals surface area contributed by atoms with Gasteiger partial charge in [-0.05, 0) is 43.1 Å². The van der Waals surface area contributed by atoms with Gasteiger partial charge in [0.1, 0.15) is 17.0 Å². The Morgan fingerprint density at radius 3 is 2.83 bits per heavy atom. The zero-order valence-corrected chi connectivity index (χ0v) is 17.8. The second kappa shape index (κ2) is 7.37. The van der Waals surface area contributed by atoms with Crippen molar-refractivity contribution >= 4 is 28.3 Å². The molecule has 0 saturated carbocycles. The minimum Gasteiger partial charge on any atom is -0.377 e. The molecule has 0 unspecified atom stereocenters. The summed E-state index contributed by atoms with van der Waals surface area (Å²) >= 11 is 6.28. The van der Waals surface area contributed by atoms with Crippen LogP contribution in [-0.4, -0.2) is 55.5 Å². The van der Waals surface area contributed by atoms with E-state index in [1.807, 2.05) is 30.8 Å². The van der Waals surface area contributed by atoms with Crippen molar-refractivity contribution in [1.29, 1.82) is 0 Å². The SMILES string of the molecule is Cc1cnc(-c2ccn[nH]2)c2nc(N3CCOC[C@H]3C)cc(-c3cnc(Cl)n3C)c12. The number of aryl methyl sites for hydroxylation is 1. The second-order valence-electron chi connectivity index (χ2n) is 7.60. The predicted molar refractivity (Wildman–Crippen MR) is 117 cm³/mol. The molecule has 1 atom stereocenters. The number of H-pyrrole nitrogens is 1. The van der Waals surface area contributed by atoms with Gasteiger partial charge in [-0.15, -0.1) is 0 Å². The Bertz CT molecular complexity index is 1220. The fraction of sp³-hybridized carbons (Fsp3) is 0.333. The minimum absolute atomic E-state index is 0.222. The van der Waals surface area contributed by atoms with Crippen LogP contribution in [0.15, 0.2) is 30.7 Å². The lowest BCUT2D eigenvalue weighted by Crippen LogP contribution is -2.44. The van der Waals surface area contributed by atoms with E-state index in [2.05, 4.69) is 33.1 Å². The Labute approximate surface area is 178 Å². The average Bonchev–Trinajstić information content (AvgIpc) is 3.39. The maximum absolute atomic E-state index is 6.28. The zero-order chi connectivity index (χ0) is 20.8. The summed E-state index contributed by atoms with van der Waals surface area (Å²) in [5.41, 5.74) is 5.41. The molecule has 4 aromatic heterocycles. The summed E-state index contributed by atoms with van der Waals surface area (Å²) in [5, 5.41) is 8.59. The highest BCUT2D eigenvalue weighted by molar-refractivity contribution is 6.28. The van der Waals surface area contributed by atoms with E-state index >= 15 is 0 Å². The van der Waals surface area contributed by atoms with Crippen molar-refractivity contribution in [3.05, 3.63) is 41.6 Å². The topological polar surface area (TPSA) is 84.8 Å². The number of fused-ring (bicyclic) bond motifs is 1. The third-order valence-electron chi connectivity index (χ3n) is 5.64. The molecule has 4 aromatic rings. The van der Waals surface area contributed by atoms with Gasteiger partial charge >= 0.3 is 0 Å². The van der Waals surface area contributed by atoms with Gasteiger partial charge in [-0.2, -0.15) is 5.10 Å². The first kappa shape index (κ1) is 19.0. The number of halogens is 1. The number of ether oxygens (including phenoxy) is 1. The Balaban J connectivity index is 1.84. The van der Waals surface area contributed by atoms with E-state index in [-0.39, 0.29) is 6.04 Å². The fourth-order valence-corrected chi connectivity index (χ4v) is 4.17.